The van der Waals surface area contributed by atoms with Crippen molar-refractivity contribution >= 4 is 33.9 Å². The Morgan fingerprint density at radius 1 is 1.14 bits per heavy atom. The van der Waals surface area contributed by atoms with Crippen LogP contribution in [0.1, 0.15) is 6.92 Å². The van der Waals surface area contributed by atoms with Crippen LogP contribution in [0.2, 0.25) is 0 Å². The number of nitrogens with zero attached hydrogens (tertiary/aromatic N) is 4. The summed E-state index contributed by atoms with van der Waals surface area (Å²) in [5.41, 5.74) is 1.55. The van der Waals surface area contributed by atoms with Gasteiger partial charge < -0.3 is 19.5 Å². The molecule has 1 saturated heterocycles. The Hall–Kier alpha value is -3.36. The van der Waals surface area contributed by atoms with Gasteiger partial charge in [-0.3, -0.25) is 14.2 Å². The van der Waals surface area contributed by atoms with Gasteiger partial charge >= 0.3 is 6.09 Å². The molecule has 0 radical (unpaired) electrons. The molecule has 28 heavy (non-hydrogen) atoms. The highest BCUT2D eigenvalue weighted by Gasteiger charge is 2.25. The third kappa shape index (κ3) is 3.19. The molecule has 146 valence electrons. The molecule has 1 fully saturated rings. The number of H-pyrrole nitrogens is 1. The van der Waals surface area contributed by atoms with Crippen molar-refractivity contribution in [1.82, 2.24) is 24.3 Å². The van der Waals surface area contributed by atoms with Crippen LogP contribution in [0.5, 0.6) is 0 Å². The van der Waals surface area contributed by atoms with Crippen LogP contribution in [-0.2, 0) is 16.1 Å². The molecule has 2 aromatic heterocycles. The Morgan fingerprint density at radius 3 is 2.61 bits per heavy atom. The van der Waals surface area contributed by atoms with Gasteiger partial charge in [0.25, 0.3) is 5.56 Å². The van der Waals surface area contributed by atoms with Gasteiger partial charge in [0, 0.05) is 37.1 Å². The Morgan fingerprint density at radius 2 is 1.86 bits per heavy atom. The van der Waals surface area contributed by atoms with E-state index >= 15 is 0 Å². The molecule has 0 saturated carbocycles. The van der Waals surface area contributed by atoms with E-state index in [1.807, 2.05) is 24.3 Å². The van der Waals surface area contributed by atoms with E-state index in [4.69, 9.17) is 4.74 Å². The molecule has 0 spiro atoms. The summed E-state index contributed by atoms with van der Waals surface area (Å²) < 4.78 is 6.30. The fourth-order valence-electron chi connectivity index (χ4n) is 3.45. The summed E-state index contributed by atoms with van der Waals surface area (Å²) in [7, 11) is 0. The summed E-state index contributed by atoms with van der Waals surface area (Å²) in [5.74, 6) is -0.178. The largest absolute Gasteiger partial charge is 0.450 e. The molecular weight excluding hydrogens is 362 g/mol. The molecule has 0 unspecified atom stereocenters. The lowest BCUT2D eigenvalue weighted by molar-refractivity contribution is -0.133. The summed E-state index contributed by atoms with van der Waals surface area (Å²) in [5, 5.41) is 0.878. The molecule has 1 aliphatic heterocycles. The van der Waals surface area contributed by atoms with E-state index in [1.165, 1.54) is 10.9 Å². The molecule has 1 N–H and O–H groups in total. The van der Waals surface area contributed by atoms with Crippen LogP contribution >= 0.6 is 0 Å². The first-order valence-electron chi connectivity index (χ1n) is 9.24. The zero-order valence-electron chi connectivity index (χ0n) is 15.6. The first kappa shape index (κ1) is 18.0. The summed E-state index contributed by atoms with van der Waals surface area (Å²) in [6.07, 6.45) is 1.05. The van der Waals surface area contributed by atoms with Gasteiger partial charge in [0.15, 0.2) is 0 Å². The first-order valence-corrected chi connectivity index (χ1v) is 9.24. The number of aromatic nitrogens is 3. The number of para-hydroxylation sites is 1. The highest BCUT2D eigenvalue weighted by atomic mass is 16.6. The topological polar surface area (TPSA) is 101 Å². The standard InChI is InChI=1S/C19H21N5O4/c1-2-28-19(27)23-9-7-22(8-10-23)15(25)11-24-12-20-16-13-5-3-4-6-14(13)21-17(16)18(24)26/h3-6,12,21H,2,7-11H2,1H3. The minimum atomic E-state index is -0.362. The van der Waals surface area contributed by atoms with E-state index in [-0.39, 0.29) is 24.1 Å². The van der Waals surface area contributed by atoms with Crippen molar-refractivity contribution in [1.29, 1.82) is 0 Å². The van der Waals surface area contributed by atoms with E-state index in [1.54, 1.807) is 16.7 Å². The fraction of sp³-hybridized carbons (Fsp3) is 0.368. The average Bonchev–Trinajstić information content (AvgIpc) is 3.10. The minimum Gasteiger partial charge on any atom is -0.450 e. The van der Waals surface area contributed by atoms with Crippen LogP contribution < -0.4 is 5.56 Å². The smallest absolute Gasteiger partial charge is 0.409 e. The molecule has 0 atom stereocenters. The number of hydrogen-bond acceptors (Lipinski definition) is 5. The Bertz CT molecular complexity index is 1090. The second-order valence-electron chi connectivity index (χ2n) is 6.64. The van der Waals surface area contributed by atoms with E-state index in [0.717, 1.165) is 10.9 Å². The number of carbonyl (C=O) groups excluding carboxylic acids is 2. The van der Waals surface area contributed by atoms with Crippen LogP contribution in [0, 0.1) is 0 Å². The Kier molecular flexibility index (Phi) is 4.72. The van der Waals surface area contributed by atoms with Gasteiger partial charge in [0.2, 0.25) is 5.91 Å². The zero-order chi connectivity index (χ0) is 19.7. The number of benzene rings is 1. The zero-order valence-corrected chi connectivity index (χ0v) is 15.6. The maximum atomic E-state index is 12.8. The molecular formula is C19H21N5O4. The normalized spacial score (nSPS) is 14.6. The van der Waals surface area contributed by atoms with Gasteiger partial charge in [-0.25, -0.2) is 9.78 Å². The number of hydrogen-bond donors (Lipinski definition) is 1. The van der Waals surface area contributed by atoms with Gasteiger partial charge in [-0.2, -0.15) is 0 Å². The van der Waals surface area contributed by atoms with Crippen molar-refractivity contribution in [2.24, 2.45) is 0 Å². The van der Waals surface area contributed by atoms with E-state index in [2.05, 4.69) is 9.97 Å². The van der Waals surface area contributed by atoms with Crippen molar-refractivity contribution in [3.05, 3.63) is 40.9 Å². The summed E-state index contributed by atoms with van der Waals surface area (Å²) in [6, 6.07) is 7.56. The predicted molar refractivity (Wildman–Crippen MR) is 103 cm³/mol. The summed E-state index contributed by atoms with van der Waals surface area (Å²) in [4.78, 5) is 47.9. The SMILES string of the molecule is CCOC(=O)N1CCN(C(=O)Cn2cnc3c([nH]c4ccccc43)c2=O)CC1. The van der Waals surface area contributed by atoms with Gasteiger partial charge in [0.05, 0.1) is 12.9 Å². The number of nitrogens with one attached hydrogen (secondary N) is 1. The molecule has 0 bridgehead atoms. The van der Waals surface area contributed by atoms with Gasteiger partial charge in [-0.05, 0) is 13.0 Å². The average molecular weight is 383 g/mol. The van der Waals surface area contributed by atoms with Gasteiger partial charge in [-0.15, -0.1) is 0 Å². The van der Waals surface area contributed by atoms with Crippen molar-refractivity contribution in [2.75, 3.05) is 32.8 Å². The molecule has 9 nitrogen and oxygen atoms in total. The lowest BCUT2D eigenvalue weighted by Gasteiger charge is -2.34. The maximum Gasteiger partial charge on any atom is 0.409 e. The predicted octanol–water partition coefficient (Wildman–Crippen LogP) is 1.18. The quantitative estimate of drug-likeness (QED) is 0.732. The molecule has 2 amide bonds. The summed E-state index contributed by atoms with van der Waals surface area (Å²) >= 11 is 0. The van der Waals surface area contributed by atoms with Crippen molar-refractivity contribution in [3.63, 3.8) is 0 Å². The van der Waals surface area contributed by atoms with E-state index < -0.39 is 0 Å². The first-order chi connectivity index (χ1) is 13.6. The molecule has 3 aromatic rings. The van der Waals surface area contributed by atoms with Crippen molar-refractivity contribution in [2.45, 2.75) is 13.5 Å². The summed E-state index contributed by atoms with van der Waals surface area (Å²) in [6.45, 7) is 3.65. The lowest BCUT2D eigenvalue weighted by Crippen LogP contribution is -2.51. The van der Waals surface area contributed by atoms with Crippen LogP contribution in [0.15, 0.2) is 35.4 Å². The lowest BCUT2D eigenvalue weighted by atomic mass is 10.2. The van der Waals surface area contributed by atoms with Crippen molar-refractivity contribution < 1.29 is 14.3 Å². The second-order valence-corrected chi connectivity index (χ2v) is 6.64. The van der Waals surface area contributed by atoms with Gasteiger partial charge in [-0.1, -0.05) is 18.2 Å². The third-order valence-corrected chi connectivity index (χ3v) is 4.94. The number of rotatable bonds is 3. The molecule has 9 heteroatoms. The molecule has 0 aliphatic carbocycles. The molecule has 1 aliphatic rings. The van der Waals surface area contributed by atoms with E-state index in [0.29, 0.717) is 43.8 Å². The van der Waals surface area contributed by atoms with Crippen LogP contribution in [0.4, 0.5) is 4.79 Å². The second kappa shape index (κ2) is 7.34. The number of aromatic amines is 1. The van der Waals surface area contributed by atoms with E-state index in [9.17, 15) is 14.4 Å². The highest BCUT2D eigenvalue weighted by molar-refractivity contribution is 6.04. The third-order valence-electron chi connectivity index (χ3n) is 4.94. The number of amides is 2. The highest BCUT2D eigenvalue weighted by Crippen LogP contribution is 2.20. The number of carbonyl (C=O) groups is 2. The van der Waals surface area contributed by atoms with Crippen LogP contribution in [0.3, 0.4) is 0 Å². The molecule has 3 heterocycles. The minimum absolute atomic E-state index is 0.0868. The molecule has 1 aromatic carbocycles. The van der Waals surface area contributed by atoms with Gasteiger partial charge in [0.1, 0.15) is 17.6 Å². The Balaban J connectivity index is 1.49. The van der Waals surface area contributed by atoms with Crippen molar-refractivity contribution in [3.8, 4) is 0 Å². The monoisotopic (exact) mass is 383 g/mol. The Labute approximate surface area is 160 Å². The molecule has 4 rings (SSSR count). The maximum absolute atomic E-state index is 12.8. The number of fused-ring (bicyclic) bond motifs is 3. The van der Waals surface area contributed by atoms with Crippen LogP contribution in [-0.4, -0.2) is 69.1 Å². The number of piperazine rings is 1. The fourth-order valence-corrected chi connectivity index (χ4v) is 3.45. The number of ether oxygens (including phenoxy) is 1. The van der Waals surface area contributed by atoms with Crippen LogP contribution in [0.25, 0.3) is 21.9 Å².